The summed E-state index contributed by atoms with van der Waals surface area (Å²) in [5.74, 6) is 0.930. The Hall–Kier alpha value is -0.710. The van der Waals surface area contributed by atoms with Gasteiger partial charge >= 0.3 is 6.18 Å². The molecule has 0 spiro atoms. The van der Waals surface area contributed by atoms with Crippen molar-refractivity contribution in [3.8, 4) is 0 Å². The molecule has 0 bridgehead atoms. The van der Waals surface area contributed by atoms with Crippen LogP contribution in [0.1, 0.15) is 19.8 Å². The number of nitrogens with zero attached hydrogens (tertiary/aromatic N) is 1. The lowest BCUT2D eigenvalue weighted by molar-refractivity contribution is -0.138. The third kappa shape index (κ3) is 5.96. The average Bonchev–Trinajstić information content (AvgIpc) is 2.25. The van der Waals surface area contributed by atoms with Gasteiger partial charge in [-0.1, -0.05) is 13.0 Å². The lowest BCUT2D eigenvalue weighted by Crippen LogP contribution is -2.31. The smallest absolute Gasteiger partial charge is 0.372 e. The fourth-order valence-electron chi connectivity index (χ4n) is 2.15. The van der Waals surface area contributed by atoms with Crippen molar-refractivity contribution < 1.29 is 13.2 Å². The highest BCUT2D eigenvalue weighted by Gasteiger charge is 2.28. The van der Waals surface area contributed by atoms with Gasteiger partial charge in [-0.2, -0.15) is 13.2 Å². The first-order chi connectivity index (χ1) is 7.88. The summed E-state index contributed by atoms with van der Waals surface area (Å²) in [4.78, 5) is 1.19. The average molecular weight is 250 g/mol. The Kier molecular flexibility index (Phi) is 5.31. The minimum absolute atomic E-state index is 0.341. The van der Waals surface area contributed by atoms with E-state index in [9.17, 15) is 13.2 Å². The highest BCUT2D eigenvalue weighted by Crippen LogP contribution is 2.23. The molecular weight excluding hydrogens is 229 g/mol. The quantitative estimate of drug-likeness (QED) is 0.825. The van der Waals surface area contributed by atoms with E-state index in [1.54, 1.807) is 6.20 Å². The maximum absolute atomic E-state index is 12.1. The molecule has 1 aliphatic heterocycles. The van der Waals surface area contributed by atoms with Gasteiger partial charge in [0.25, 0.3) is 0 Å². The molecule has 0 radical (unpaired) electrons. The fraction of sp³-hybridized carbons (Fsp3) is 0.833. The van der Waals surface area contributed by atoms with E-state index in [2.05, 4.69) is 12.2 Å². The molecule has 0 aromatic heterocycles. The van der Waals surface area contributed by atoms with Gasteiger partial charge in [-0.25, -0.2) is 0 Å². The van der Waals surface area contributed by atoms with Crippen molar-refractivity contribution >= 4 is 0 Å². The number of nitrogens with one attached hydrogen (secondary N) is 1. The molecular formula is C12H21F3N2. The normalized spacial score (nSPS) is 20.8. The summed E-state index contributed by atoms with van der Waals surface area (Å²) in [5, 5.41) is 3.28. The van der Waals surface area contributed by atoms with E-state index >= 15 is 0 Å². The second kappa shape index (κ2) is 6.28. The standard InChI is InChI=1S/C12H21F3N2/c1-10(11-3-6-16-7-4-11)5-8-17(2)9-12(13,14)15/h5,8,10-11,16H,3-4,6-7,9H2,1-2H3/b8-5+. The first-order valence-corrected chi connectivity index (χ1v) is 6.04. The molecule has 0 saturated carbocycles. The summed E-state index contributed by atoms with van der Waals surface area (Å²) < 4.78 is 36.3. The second-order valence-corrected chi connectivity index (χ2v) is 4.82. The topological polar surface area (TPSA) is 15.3 Å². The van der Waals surface area contributed by atoms with Crippen LogP contribution in [0.15, 0.2) is 12.3 Å². The molecule has 5 heteroatoms. The van der Waals surface area contributed by atoms with E-state index in [0.29, 0.717) is 11.8 Å². The molecule has 1 aliphatic rings. The Morgan fingerprint density at radius 2 is 1.94 bits per heavy atom. The first kappa shape index (κ1) is 14.4. The third-order valence-electron chi connectivity index (χ3n) is 3.20. The van der Waals surface area contributed by atoms with E-state index in [1.165, 1.54) is 11.9 Å². The van der Waals surface area contributed by atoms with Gasteiger partial charge in [-0.3, -0.25) is 0 Å². The van der Waals surface area contributed by atoms with Crippen molar-refractivity contribution in [2.45, 2.75) is 25.9 Å². The van der Waals surface area contributed by atoms with Crippen LogP contribution < -0.4 is 5.32 Å². The van der Waals surface area contributed by atoms with E-state index in [1.807, 2.05) is 6.08 Å². The highest BCUT2D eigenvalue weighted by molar-refractivity contribution is 4.90. The fourth-order valence-corrected chi connectivity index (χ4v) is 2.15. The van der Waals surface area contributed by atoms with E-state index in [0.717, 1.165) is 25.9 Å². The van der Waals surface area contributed by atoms with Gasteiger partial charge < -0.3 is 10.2 Å². The molecule has 2 nitrogen and oxygen atoms in total. The van der Waals surface area contributed by atoms with Crippen molar-refractivity contribution in [2.24, 2.45) is 11.8 Å². The zero-order chi connectivity index (χ0) is 12.9. The molecule has 0 aliphatic carbocycles. The van der Waals surface area contributed by atoms with Crippen LogP contribution in [0.4, 0.5) is 13.2 Å². The van der Waals surface area contributed by atoms with Crippen molar-refractivity contribution in [1.82, 2.24) is 10.2 Å². The number of hydrogen-bond acceptors (Lipinski definition) is 2. The summed E-state index contributed by atoms with van der Waals surface area (Å²) in [6, 6.07) is 0. The van der Waals surface area contributed by atoms with Crippen LogP contribution in [0.3, 0.4) is 0 Å². The lowest BCUT2D eigenvalue weighted by atomic mass is 9.86. The number of halogens is 3. The molecule has 1 fully saturated rings. The van der Waals surface area contributed by atoms with E-state index in [4.69, 9.17) is 0 Å². The number of alkyl halides is 3. The van der Waals surface area contributed by atoms with Crippen molar-refractivity contribution in [3.63, 3.8) is 0 Å². The molecule has 17 heavy (non-hydrogen) atoms. The molecule has 1 unspecified atom stereocenters. The molecule has 1 N–H and O–H groups in total. The number of allylic oxidation sites excluding steroid dienone is 1. The summed E-state index contributed by atoms with van der Waals surface area (Å²) >= 11 is 0. The molecule has 1 heterocycles. The molecule has 0 aromatic rings. The van der Waals surface area contributed by atoms with Gasteiger partial charge in [0, 0.05) is 7.05 Å². The van der Waals surface area contributed by atoms with Gasteiger partial charge in [0.2, 0.25) is 0 Å². The van der Waals surface area contributed by atoms with Gasteiger partial charge in [0.15, 0.2) is 0 Å². The Morgan fingerprint density at radius 1 is 1.35 bits per heavy atom. The summed E-state index contributed by atoms with van der Waals surface area (Å²) in [6.07, 6.45) is 1.53. The Morgan fingerprint density at radius 3 is 2.47 bits per heavy atom. The summed E-state index contributed by atoms with van der Waals surface area (Å²) in [6.45, 7) is 3.22. The van der Waals surface area contributed by atoms with Crippen molar-refractivity contribution in [3.05, 3.63) is 12.3 Å². The molecule has 0 amide bonds. The Bertz CT molecular complexity index is 245. The molecule has 1 atom stereocenters. The van der Waals surface area contributed by atoms with Gasteiger partial charge in [0.05, 0.1) is 0 Å². The van der Waals surface area contributed by atoms with Crippen LogP contribution in [0, 0.1) is 11.8 Å². The number of hydrogen-bond donors (Lipinski definition) is 1. The molecule has 1 saturated heterocycles. The van der Waals surface area contributed by atoms with Crippen molar-refractivity contribution in [1.29, 1.82) is 0 Å². The predicted octanol–water partition coefficient (Wildman–Crippen LogP) is 2.63. The largest absolute Gasteiger partial charge is 0.405 e. The van der Waals surface area contributed by atoms with Crippen LogP contribution in [-0.4, -0.2) is 37.8 Å². The van der Waals surface area contributed by atoms with Gasteiger partial charge in [0.1, 0.15) is 6.54 Å². The minimum Gasteiger partial charge on any atom is -0.372 e. The second-order valence-electron chi connectivity index (χ2n) is 4.82. The maximum Gasteiger partial charge on any atom is 0.405 e. The Labute approximate surface area is 101 Å². The maximum atomic E-state index is 12.1. The van der Waals surface area contributed by atoms with Crippen LogP contribution in [0.2, 0.25) is 0 Å². The number of rotatable bonds is 4. The molecule has 0 aromatic carbocycles. The highest BCUT2D eigenvalue weighted by atomic mass is 19.4. The minimum atomic E-state index is -4.13. The number of piperidine rings is 1. The van der Waals surface area contributed by atoms with E-state index < -0.39 is 12.7 Å². The zero-order valence-electron chi connectivity index (χ0n) is 10.4. The lowest BCUT2D eigenvalue weighted by Gasteiger charge is -2.27. The summed E-state index contributed by atoms with van der Waals surface area (Å²) in [5.41, 5.74) is 0. The monoisotopic (exact) mass is 250 g/mol. The predicted molar refractivity (Wildman–Crippen MR) is 62.6 cm³/mol. The van der Waals surface area contributed by atoms with Crippen molar-refractivity contribution in [2.75, 3.05) is 26.7 Å². The molecule has 100 valence electrons. The molecule has 1 rings (SSSR count). The van der Waals surface area contributed by atoms with Crippen LogP contribution in [0.5, 0.6) is 0 Å². The van der Waals surface area contributed by atoms with Gasteiger partial charge in [-0.15, -0.1) is 0 Å². The van der Waals surface area contributed by atoms with Crippen LogP contribution >= 0.6 is 0 Å². The SMILES string of the molecule is CC(/C=C/N(C)CC(F)(F)F)C1CCNCC1. The van der Waals surface area contributed by atoms with Crippen LogP contribution in [-0.2, 0) is 0 Å². The Balaban J connectivity index is 2.35. The third-order valence-corrected chi connectivity index (χ3v) is 3.20. The van der Waals surface area contributed by atoms with Crippen LogP contribution in [0.25, 0.3) is 0 Å². The zero-order valence-corrected chi connectivity index (χ0v) is 10.4. The van der Waals surface area contributed by atoms with Gasteiger partial charge in [-0.05, 0) is 44.0 Å². The first-order valence-electron chi connectivity index (χ1n) is 6.04. The van der Waals surface area contributed by atoms with E-state index in [-0.39, 0.29) is 0 Å². The summed E-state index contributed by atoms with van der Waals surface area (Å²) in [7, 11) is 1.46.